The third-order valence-corrected chi connectivity index (χ3v) is 3.14. The van der Waals surface area contributed by atoms with Gasteiger partial charge in [0.1, 0.15) is 0 Å². The van der Waals surface area contributed by atoms with Crippen LogP contribution in [0.25, 0.3) is 0 Å². The van der Waals surface area contributed by atoms with Crippen LogP contribution in [0, 0.1) is 6.92 Å². The second-order valence-corrected chi connectivity index (χ2v) is 4.42. The van der Waals surface area contributed by atoms with Crippen molar-refractivity contribution in [3.8, 4) is 0 Å². The van der Waals surface area contributed by atoms with Crippen molar-refractivity contribution in [2.45, 2.75) is 19.9 Å². The topological polar surface area (TPSA) is 64.3 Å². The molecule has 0 radical (unpaired) electrons. The summed E-state index contributed by atoms with van der Waals surface area (Å²) in [5, 5.41) is 9.68. The van der Waals surface area contributed by atoms with Crippen LogP contribution >= 0.6 is 0 Å². The summed E-state index contributed by atoms with van der Waals surface area (Å²) < 4.78 is 6.73. The van der Waals surface area contributed by atoms with Gasteiger partial charge in [-0.3, -0.25) is 0 Å². The molecule has 1 aromatic carbocycles. The number of imidazole rings is 1. The molecule has 0 aliphatic carbocycles. The van der Waals surface area contributed by atoms with Crippen LogP contribution in [-0.2, 0) is 4.74 Å². The first-order valence-corrected chi connectivity index (χ1v) is 6.55. The van der Waals surface area contributed by atoms with E-state index in [1.165, 1.54) is 0 Å². The normalized spacial score (nSPS) is 12.2. The number of carbonyl (C=O) groups is 1. The molecule has 0 saturated carbocycles. The van der Waals surface area contributed by atoms with Crippen LogP contribution in [0.15, 0.2) is 36.7 Å². The molecule has 2 aromatic rings. The molecule has 0 fully saturated rings. The van der Waals surface area contributed by atoms with Crippen molar-refractivity contribution in [2.24, 2.45) is 0 Å². The number of rotatable bonds is 5. The SMILES string of the molecule is CCOC(=O)c1c(C)ncn1C(CO)c1ccccc1. The van der Waals surface area contributed by atoms with E-state index < -0.39 is 5.97 Å². The smallest absolute Gasteiger partial charge is 0.356 e. The molecule has 20 heavy (non-hydrogen) atoms. The zero-order chi connectivity index (χ0) is 14.5. The summed E-state index contributed by atoms with van der Waals surface area (Å²) in [6.07, 6.45) is 1.56. The van der Waals surface area contributed by atoms with Gasteiger partial charge in [-0.2, -0.15) is 0 Å². The summed E-state index contributed by atoms with van der Waals surface area (Å²) in [6, 6.07) is 9.16. The van der Waals surface area contributed by atoms with E-state index in [1.807, 2.05) is 30.3 Å². The zero-order valence-electron chi connectivity index (χ0n) is 11.6. The van der Waals surface area contributed by atoms with Crippen molar-refractivity contribution < 1.29 is 14.6 Å². The highest BCUT2D eigenvalue weighted by molar-refractivity contribution is 5.88. The molecule has 0 aliphatic heterocycles. The van der Waals surface area contributed by atoms with Crippen molar-refractivity contribution >= 4 is 5.97 Å². The van der Waals surface area contributed by atoms with Crippen LogP contribution in [0.4, 0.5) is 0 Å². The average Bonchev–Trinajstić information content (AvgIpc) is 2.83. The van der Waals surface area contributed by atoms with Gasteiger partial charge in [-0.05, 0) is 19.4 Å². The quantitative estimate of drug-likeness (QED) is 0.846. The van der Waals surface area contributed by atoms with Gasteiger partial charge in [0, 0.05) is 0 Å². The summed E-state index contributed by atoms with van der Waals surface area (Å²) in [6.45, 7) is 3.70. The van der Waals surface area contributed by atoms with E-state index in [0.29, 0.717) is 18.0 Å². The van der Waals surface area contributed by atoms with Crippen LogP contribution in [0.3, 0.4) is 0 Å². The van der Waals surface area contributed by atoms with Gasteiger partial charge < -0.3 is 14.4 Å². The molecule has 1 heterocycles. The van der Waals surface area contributed by atoms with E-state index in [1.54, 1.807) is 24.7 Å². The summed E-state index contributed by atoms with van der Waals surface area (Å²) >= 11 is 0. The number of benzene rings is 1. The number of hydrogen-bond donors (Lipinski definition) is 1. The van der Waals surface area contributed by atoms with Gasteiger partial charge in [0.2, 0.25) is 0 Å². The molecule has 5 heteroatoms. The minimum Gasteiger partial charge on any atom is -0.461 e. The third-order valence-electron chi connectivity index (χ3n) is 3.14. The van der Waals surface area contributed by atoms with Crippen LogP contribution in [-0.4, -0.2) is 33.8 Å². The molecule has 0 saturated heterocycles. The van der Waals surface area contributed by atoms with Gasteiger partial charge in [0.15, 0.2) is 5.69 Å². The highest BCUT2D eigenvalue weighted by Crippen LogP contribution is 2.22. The largest absolute Gasteiger partial charge is 0.461 e. The number of carbonyl (C=O) groups excluding carboxylic acids is 1. The van der Waals surface area contributed by atoms with E-state index in [4.69, 9.17) is 4.74 Å². The zero-order valence-corrected chi connectivity index (χ0v) is 11.6. The lowest BCUT2D eigenvalue weighted by Gasteiger charge is -2.19. The predicted molar refractivity (Wildman–Crippen MR) is 74.6 cm³/mol. The number of hydrogen-bond acceptors (Lipinski definition) is 4. The fourth-order valence-electron chi connectivity index (χ4n) is 2.17. The molecule has 106 valence electrons. The summed E-state index contributed by atoms with van der Waals surface area (Å²) in [4.78, 5) is 16.2. The fraction of sp³-hybridized carbons (Fsp3) is 0.333. The van der Waals surface area contributed by atoms with Crippen molar-refractivity contribution in [3.05, 3.63) is 53.6 Å². The molecule has 5 nitrogen and oxygen atoms in total. The minimum absolute atomic E-state index is 0.119. The first-order valence-electron chi connectivity index (χ1n) is 6.55. The maximum atomic E-state index is 12.0. The molecule has 1 unspecified atom stereocenters. The Morgan fingerprint density at radius 1 is 1.40 bits per heavy atom. The highest BCUT2D eigenvalue weighted by atomic mass is 16.5. The Morgan fingerprint density at radius 2 is 2.10 bits per heavy atom. The Bertz CT molecular complexity index is 578. The second kappa shape index (κ2) is 6.34. The van der Waals surface area contributed by atoms with Gasteiger partial charge in [-0.1, -0.05) is 30.3 Å². The van der Waals surface area contributed by atoms with Crippen LogP contribution < -0.4 is 0 Å². The van der Waals surface area contributed by atoms with Gasteiger partial charge in [0.25, 0.3) is 0 Å². The van der Waals surface area contributed by atoms with Gasteiger partial charge in [-0.15, -0.1) is 0 Å². The number of ether oxygens (including phenoxy) is 1. The van der Waals surface area contributed by atoms with E-state index in [0.717, 1.165) is 5.56 Å². The molecule has 0 bridgehead atoms. The second-order valence-electron chi connectivity index (χ2n) is 4.42. The van der Waals surface area contributed by atoms with E-state index in [2.05, 4.69) is 4.98 Å². The lowest BCUT2D eigenvalue weighted by atomic mass is 10.1. The molecule has 1 atom stereocenters. The van der Waals surface area contributed by atoms with Crippen LogP contribution in [0.5, 0.6) is 0 Å². The van der Waals surface area contributed by atoms with Gasteiger partial charge in [-0.25, -0.2) is 9.78 Å². The molecule has 0 spiro atoms. The summed E-state index contributed by atoms with van der Waals surface area (Å²) in [5.41, 5.74) is 1.89. The Kier molecular flexibility index (Phi) is 4.53. The Balaban J connectivity index is 2.43. The fourth-order valence-corrected chi connectivity index (χ4v) is 2.17. The third kappa shape index (κ3) is 2.72. The molecular formula is C15H18N2O3. The van der Waals surface area contributed by atoms with Gasteiger partial charge in [0.05, 0.1) is 31.3 Å². The minimum atomic E-state index is -0.420. The number of esters is 1. The Labute approximate surface area is 117 Å². The lowest BCUT2D eigenvalue weighted by molar-refractivity contribution is 0.0509. The Hall–Kier alpha value is -2.14. The Morgan fingerprint density at radius 3 is 2.70 bits per heavy atom. The molecule has 0 amide bonds. The number of nitrogens with zero attached hydrogens (tertiary/aromatic N) is 2. The van der Waals surface area contributed by atoms with Crippen molar-refractivity contribution in [3.63, 3.8) is 0 Å². The maximum absolute atomic E-state index is 12.0. The lowest BCUT2D eigenvalue weighted by Crippen LogP contribution is -2.20. The molecule has 1 N–H and O–H groups in total. The predicted octanol–water partition coefficient (Wildman–Crippen LogP) is 1.95. The maximum Gasteiger partial charge on any atom is 0.356 e. The molecular weight excluding hydrogens is 256 g/mol. The van der Waals surface area contributed by atoms with Gasteiger partial charge >= 0.3 is 5.97 Å². The number of aromatic nitrogens is 2. The first-order chi connectivity index (χ1) is 9.69. The standard InChI is InChI=1S/C15H18N2O3/c1-3-20-15(19)14-11(2)16-10-17(14)13(9-18)12-7-5-4-6-8-12/h4-8,10,13,18H,3,9H2,1-2H3. The van der Waals surface area contributed by atoms with Crippen LogP contribution in [0.1, 0.15) is 34.7 Å². The number of aliphatic hydroxyl groups is 1. The van der Waals surface area contributed by atoms with E-state index in [9.17, 15) is 9.90 Å². The molecule has 2 rings (SSSR count). The first kappa shape index (κ1) is 14.3. The summed E-state index contributed by atoms with van der Waals surface area (Å²) in [5.74, 6) is -0.420. The van der Waals surface area contributed by atoms with E-state index >= 15 is 0 Å². The number of aliphatic hydroxyl groups excluding tert-OH is 1. The van der Waals surface area contributed by atoms with Crippen LogP contribution in [0.2, 0.25) is 0 Å². The van der Waals surface area contributed by atoms with Crippen molar-refractivity contribution in [2.75, 3.05) is 13.2 Å². The highest BCUT2D eigenvalue weighted by Gasteiger charge is 2.23. The van der Waals surface area contributed by atoms with Crippen molar-refractivity contribution in [1.82, 2.24) is 9.55 Å². The molecule has 1 aromatic heterocycles. The summed E-state index contributed by atoms with van der Waals surface area (Å²) in [7, 11) is 0. The van der Waals surface area contributed by atoms with Crippen molar-refractivity contribution in [1.29, 1.82) is 0 Å². The monoisotopic (exact) mass is 274 g/mol. The number of aryl methyl sites for hydroxylation is 1. The molecule has 0 aliphatic rings. The average molecular weight is 274 g/mol. The van der Waals surface area contributed by atoms with E-state index in [-0.39, 0.29) is 12.6 Å².